The van der Waals surface area contributed by atoms with Gasteiger partial charge in [-0.3, -0.25) is 19.3 Å². The van der Waals surface area contributed by atoms with Gasteiger partial charge in [-0.1, -0.05) is 91.0 Å². The Morgan fingerprint density at radius 3 is 1.88 bits per heavy atom. The summed E-state index contributed by atoms with van der Waals surface area (Å²) in [6.07, 6.45) is 1.58. The number of nitrogens with one attached hydrogen (secondary N) is 1. The Kier molecular flexibility index (Phi) is 8.10. The van der Waals surface area contributed by atoms with E-state index in [1.54, 1.807) is 26.8 Å². The molecule has 2 amide bonds. The predicted octanol–water partition coefficient (Wildman–Crippen LogP) is 6.93. The Bertz CT molecular complexity index is 1480. The van der Waals surface area contributed by atoms with Crippen molar-refractivity contribution in [2.45, 2.75) is 31.9 Å². The molecule has 0 aliphatic carbocycles. The van der Waals surface area contributed by atoms with Gasteiger partial charge in [0.25, 0.3) is 11.1 Å². The molecule has 1 N–H and O–H groups in total. The highest BCUT2D eigenvalue weighted by Gasteiger charge is 2.39. The number of hydrogen-bond donors (Lipinski definition) is 1. The number of ether oxygens (including phenoxy) is 1. The number of benzene rings is 3. The molecule has 5 rings (SSSR count). The maximum atomic E-state index is 13.0. The fourth-order valence-corrected chi connectivity index (χ4v) is 6.17. The summed E-state index contributed by atoms with van der Waals surface area (Å²) in [5, 5.41) is 5.66. The van der Waals surface area contributed by atoms with Crippen LogP contribution in [0.5, 0.6) is 0 Å². The number of carbonyl (C=O) groups excluding carboxylic acids is 3. The van der Waals surface area contributed by atoms with Crippen molar-refractivity contribution in [3.63, 3.8) is 0 Å². The predicted molar refractivity (Wildman–Crippen MR) is 163 cm³/mol. The molecule has 0 atom stereocenters. The normalized spacial score (nSPS) is 14.9. The summed E-state index contributed by atoms with van der Waals surface area (Å²) in [4.78, 5) is 43.6. The van der Waals surface area contributed by atoms with E-state index < -0.39 is 34.8 Å². The summed E-state index contributed by atoms with van der Waals surface area (Å²) < 4.78 is 5.28. The Morgan fingerprint density at radius 2 is 1.39 bits per heavy atom. The van der Waals surface area contributed by atoms with Gasteiger partial charge in [0, 0.05) is 5.38 Å². The number of rotatable bonds is 8. The molecule has 2 heterocycles. The Hall–Kier alpha value is -4.21. The van der Waals surface area contributed by atoms with Gasteiger partial charge in [-0.2, -0.15) is 0 Å². The number of anilines is 1. The minimum Gasteiger partial charge on any atom is -0.459 e. The fourth-order valence-electron chi connectivity index (χ4n) is 4.62. The quantitative estimate of drug-likeness (QED) is 0.137. The standard InChI is InChI=1S/C32H29N3O4S2/c1-31(2,3)39-27(36)20-35-28(37)26(41-30(35)38)19-25-21-40-29(33-25)34-32(22-13-7-4-8-14-22,23-15-9-5-10-16-23)24-17-11-6-12-18-24/h4-19,21H,20H2,1-3H3,(H,33,34). The number of aromatic nitrogens is 1. The molecule has 0 unspecified atom stereocenters. The molecular weight excluding hydrogens is 555 g/mol. The molecule has 9 heteroatoms. The van der Waals surface area contributed by atoms with Crippen LogP contribution in [0.15, 0.2) is 101 Å². The van der Waals surface area contributed by atoms with E-state index in [-0.39, 0.29) is 4.91 Å². The third-order valence-electron chi connectivity index (χ3n) is 6.30. The molecule has 0 radical (unpaired) electrons. The lowest BCUT2D eigenvalue weighted by molar-refractivity contribution is -0.156. The first-order valence-electron chi connectivity index (χ1n) is 13.0. The highest BCUT2D eigenvalue weighted by atomic mass is 32.2. The molecule has 1 fully saturated rings. The molecule has 3 aromatic carbocycles. The van der Waals surface area contributed by atoms with Crippen molar-refractivity contribution < 1.29 is 19.1 Å². The average molecular weight is 584 g/mol. The van der Waals surface area contributed by atoms with E-state index in [0.29, 0.717) is 10.8 Å². The molecule has 1 saturated heterocycles. The van der Waals surface area contributed by atoms with Crippen LogP contribution in [0, 0.1) is 0 Å². The molecule has 1 aliphatic rings. The van der Waals surface area contributed by atoms with E-state index in [0.717, 1.165) is 33.4 Å². The topological polar surface area (TPSA) is 88.6 Å². The lowest BCUT2D eigenvalue weighted by Gasteiger charge is -2.36. The van der Waals surface area contributed by atoms with E-state index in [9.17, 15) is 14.4 Å². The summed E-state index contributed by atoms with van der Waals surface area (Å²) in [5.41, 5.74) is 2.19. The van der Waals surface area contributed by atoms with E-state index >= 15 is 0 Å². The lowest BCUT2D eigenvalue weighted by atomic mass is 9.77. The summed E-state index contributed by atoms with van der Waals surface area (Å²) in [7, 11) is 0. The van der Waals surface area contributed by atoms with Crippen molar-refractivity contribution in [2.75, 3.05) is 11.9 Å². The molecule has 0 bridgehead atoms. The van der Waals surface area contributed by atoms with Crippen LogP contribution in [0.2, 0.25) is 0 Å². The molecule has 4 aromatic rings. The highest BCUT2D eigenvalue weighted by molar-refractivity contribution is 8.18. The zero-order chi connectivity index (χ0) is 29.0. The fraction of sp³-hybridized carbons (Fsp3) is 0.188. The first-order valence-corrected chi connectivity index (χ1v) is 14.7. The molecule has 7 nitrogen and oxygen atoms in total. The summed E-state index contributed by atoms with van der Waals surface area (Å²) >= 11 is 2.19. The average Bonchev–Trinajstić information content (AvgIpc) is 3.51. The van der Waals surface area contributed by atoms with Gasteiger partial charge < -0.3 is 10.1 Å². The number of imide groups is 1. The van der Waals surface area contributed by atoms with E-state index in [1.165, 1.54) is 11.3 Å². The first-order chi connectivity index (χ1) is 19.7. The molecule has 0 saturated carbocycles. The Morgan fingerprint density at radius 1 is 0.878 bits per heavy atom. The van der Waals surface area contributed by atoms with Gasteiger partial charge in [-0.25, -0.2) is 4.98 Å². The van der Waals surface area contributed by atoms with Crippen molar-refractivity contribution in [3.05, 3.63) is 124 Å². The number of carbonyl (C=O) groups is 3. The van der Waals surface area contributed by atoms with Crippen LogP contribution in [0.25, 0.3) is 6.08 Å². The SMILES string of the molecule is CC(C)(C)OC(=O)CN1C(=O)SC(=Cc2csc(NC(c3ccccc3)(c3ccccc3)c3ccccc3)n2)C1=O. The summed E-state index contributed by atoms with van der Waals surface area (Å²) in [5.74, 6) is -1.18. The number of amides is 2. The largest absolute Gasteiger partial charge is 0.459 e. The number of nitrogens with zero attached hydrogens (tertiary/aromatic N) is 2. The van der Waals surface area contributed by atoms with Crippen LogP contribution in [-0.2, 0) is 19.9 Å². The smallest absolute Gasteiger partial charge is 0.326 e. The van der Waals surface area contributed by atoms with Crippen molar-refractivity contribution in [1.82, 2.24) is 9.88 Å². The maximum absolute atomic E-state index is 13.0. The number of thiazole rings is 1. The second-order valence-electron chi connectivity index (χ2n) is 10.4. The monoisotopic (exact) mass is 583 g/mol. The molecule has 208 valence electrons. The van der Waals surface area contributed by atoms with Gasteiger partial charge in [0.1, 0.15) is 17.7 Å². The summed E-state index contributed by atoms with van der Waals surface area (Å²) in [6, 6.07) is 30.5. The Labute approximate surface area is 247 Å². The second kappa shape index (κ2) is 11.7. The van der Waals surface area contributed by atoms with Gasteiger partial charge in [0.15, 0.2) is 5.13 Å². The zero-order valence-corrected chi connectivity index (χ0v) is 24.5. The van der Waals surface area contributed by atoms with Crippen molar-refractivity contribution in [2.24, 2.45) is 0 Å². The number of thioether (sulfide) groups is 1. The first kappa shape index (κ1) is 28.3. The maximum Gasteiger partial charge on any atom is 0.326 e. The summed E-state index contributed by atoms with van der Waals surface area (Å²) in [6.45, 7) is 4.76. The van der Waals surface area contributed by atoms with Crippen LogP contribution in [0.1, 0.15) is 43.2 Å². The number of hydrogen-bond acceptors (Lipinski definition) is 8. The van der Waals surface area contributed by atoms with Crippen molar-refractivity contribution >= 4 is 51.4 Å². The van der Waals surface area contributed by atoms with E-state index in [4.69, 9.17) is 9.72 Å². The van der Waals surface area contributed by atoms with E-state index in [2.05, 4.69) is 41.7 Å². The van der Waals surface area contributed by atoms with Crippen LogP contribution < -0.4 is 5.32 Å². The Balaban J connectivity index is 1.46. The minimum absolute atomic E-state index is 0.204. The third kappa shape index (κ3) is 6.26. The highest BCUT2D eigenvalue weighted by Crippen LogP contribution is 2.41. The van der Waals surface area contributed by atoms with Crippen LogP contribution in [-0.4, -0.2) is 39.1 Å². The molecule has 0 spiro atoms. The van der Waals surface area contributed by atoms with Gasteiger partial charge in [0.2, 0.25) is 0 Å². The van der Waals surface area contributed by atoms with Gasteiger partial charge >= 0.3 is 5.97 Å². The van der Waals surface area contributed by atoms with Crippen LogP contribution in [0.4, 0.5) is 9.93 Å². The zero-order valence-electron chi connectivity index (χ0n) is 22.9. The second-order valence-corrected chi connectivity index (χ2v) is 12.3. The van der Waals surface area contributed by atoms with Gasteiger partial charge in [-0.15, -0.1) is 11.3 Å². The molecular formula is C32H29N3O4S2. The number of esters is 1. The lowest BCUT2D eigenvalue weighted by Crippen LogP contribution is -2.38. The van der Waals surface area contributed by atoms with Crippen molar-refractivity contribution in [1.29, 1.82) is 0 Å². The third-order valence-corrected chi connectivity index (χ3v) is 7.98. The van der Waals surface area contributed by atoms with Gasteiger partial charge in [0.05, 0.1) is 10.6 Å². The minimum atomic E-state index is -0.746. The molecule has 1 aromatic heterocycles. The van der Waals surface area contributed by atoms with Crippen LogP contribution >= 0.6 is 23.1 Å². The van der Waals surface area contributed by atoms with E-state index in [1.807, 2.05) is 60.0 Å². The van der Waals surface area contributed by atoms with Crippen LogP contribution in [0.3, 0.4) is 0 Å². The van der Waals surface area contributed by atoms with Gasteiger partial charge in [-0.05, 0) is 55.3 Å². The molecule has 1 aliphatic heterocycles. The molecule has 41 heavy (non-hydrogen) atoms. The van der Waals surface area contributed by atoms with Crippen molar-refractivity contribution in [3.8, 4) is 0 Å².